The number of nitrogens with one attached hydrogen (secondary N) is 1. The number of anilines is 1. The molecule has 0 spiro atoms. The zero-order valence-corrected chi connectivity index (χ0v) is 16.7. The van der Waals surface area contributed by atoms with Gasteiger partial charge in [0, 0.05) is 25.0 Å². The molecule has 1 aliphatic heterocycles. The Hall–Kier alpha value is -2.97. The average molecular weight is 410 g/mol. The van der Waals surface area contributed by atoms with E-state index in [2.05, 4.69) is 10.4 Å². The lowest BCUT2D eigenvalue weighted by atomic mass is 10.2. The Morgan fingerprint density at radius 1 is 0.931 bits per heavy atom. The van der Waals surface area contributed by atoms with E-state index in [4.69, 9.17) is 0 Å². The molecule has 150 valence electrons. The number of para-hydroxylation sites is 1. The summed E-state index contributed by atoms with van der Waals surface area (Å²) in [5.41, 5.74) is 1.80. The van der Waals surface area contributed by atoms with Crippen LogP contribution in [-0.2, 0) is 10.0 Å². The molecular formula is C21H22N4O3S. The predicted molar refractivity (Wildman–Crippen MR) is 111 cm³/mol. The number of piperidine rings is 1. The average Bonchev–Trinajstić information content (AvgIpc) is 3.26. The summed E-state index contributed by atoms with van der Waals surface area (Å²) >= 11 is 0. The molecule has 0 radical (unpaired) electrons. The highest BCUT2D eigenvalue weighted by Gasteiger charge is 2.25. The number of aromatic nitrogens is 2. The molecule has 2 aromatic carbocycles. The number of nitrogens with zero attached hydrogens (tertiary/aromatic N) is 3. The van der Waals surface area contributed by atoms with E-state index in [0.717, 1.165) is 24.9 Å². The zero-order valence-electron chi connectivity index (χ0n) is 15.9. The van der Waals surface area contributed by atoms with Gasteiger partial charge in [-0.1, -0.05) is 24.6 Å². The van der Waals surface area contributed by atoms with Gasteiger partial charge < -0.3 is 5.32 Å². The van der Waals surface area contributed by atoms with Gasteiger partial charge in [-0.2, -0.15) is 9.40 Å². The highest BCUT2D eigenvalue weighted by Crippen LogP contribution is 2.22. The molecule has 7 nitrogen and oxygen atoms in total. The molecule has 0 aliphatic carbocycles. The van der Waals surface area contributed by atoms with E-state index >= 15 is 0 Å². The fourth-order valence-electron chi connectivity index (χ4n) is 3.33. The smallest absolute Gasteiger partial charge is 0.258 e. The summed E-state index contributed by atoms with van der Waals surface area (Å²) < 4.78 is 28.6. The van der Waals surface area contributed by atoms with E-state index in [-0.39, 0.29) is 10.8 Å². The maximum absolute atomic E-state index is 12.7. The number of rotatable bonds is 5. The summed E-state index contributed by atoms with van der Waals surface area (Å²) in [7, 11) is -3.48. The van der Waals surface area contributed by atoms with Gasteiger partial charge in [-0.25, -0.2) is 13.1 Å². The van der Waals surface area contributed by atoms with Gasteiger partial charge in [0.15, 0.2) is 0 Å². The molecule has 29 heavy (non-hydrogen) atoms. The van der Waals surface area contributed by atoms with Crippen molar-refractivity contribution in [2.75, 3.05) is 18.4 Å². The van der Waals surface area contributed by atoms with E-state index in [1.54, 1.807) is 23.0 Å². The van der Waals surface area contributed by atoms with E-state index in [0.29, 0.717) is 24.3 Å². The lowest BCUT2D eigenvalue weighted by Crippen LogP contribution is -2.35. The molecular weight excluding hydrogens is 388 g/mol. The molecule has 1 aromatic heterocycles. The Morgan fingerprint density at radius 3 is 2.31 bits per heavy atom. The van der Waals surface area contributed by atoms with Crippen LogP contribution < -0.4 is 5.32 Å². The van der Waals surface area contributed by atoms with Gasteiger partial charge >= 0.3 is 0 Å². The second-order valence-electron chi connectivity index (χ2n) is 6.95. The molecule has 2 heterocycles. The van der Waals surface area contributed by atoms with Crippen LogP contribution in [0.2, 0.25) is 0 Å². The Morgan fingerprint density at radius 2 is 1.62 bits per heavy atom. The van der Waals surface area contributed by atoms with Crippen molar-refractivity contribution in [2.24, 2.45) is 0 Å². The first-order chi connectivity index (χ1) is 14.0. The van der Waals surface area contributed by atoms with Gasteiger partial charge in [-0.3, -0.25) is 4.79 Å². The lowest BCUT2D eigenvalue weighted by Gasteiger charge is -2.25. The molecule has 8 heteroatoms. The molecule has 1 N–H and O–H groups in total. The lowest BCUT2D eigenvalue weighted by molar-refractivity contribution is 0.102. The minimum Gasteiger partial charge on any atom is -0.322 e. The van der Waals surface area contributed by atoms with Gasteiger partial charge in [-0.05, 0) is 49.2 Å². The minimum absolute atomic E-state index is 0.245. The third kappa shape index (κ3) is 4.23. The first-order valence-corrected chi connectivity index (χ1v) is 11.0. The van der Waals surface area contributed by atoms with Crippen LogP contribution in [0.15, 0.2) is 71.9 Å². The molecule has 1 aliphatic rings. The third-order valence-corrected chi connectivity index (χ3v) is 6.84. The number of hydrogen-bond donors (Lipinski definition) is 1. The largest absolute Gasteiger partial charge is 0.322 e. The molecule has 0 unspecified atom stereocenters. The van der Waals surface area contributed by atoms with Crippen molar-refractivity contribution in [1.29, 1.82) is 0 Å². The Balaban J connectivity index is 1.45. The fraction of sp³-hybridized carbons (Fsp3) is 0.238. The van der Waals surface area contributed by atoms with Gasteiger partial charge in [-0.15, -0.1) is 0 Å². The Bertz CT molecular complexity index is 1090. The van der Waals surface area contributed by atoms with E-state index in [1.807, 2.05) is 30.3 Å². The number of benzene rings is 2. The summed E-state index contributed by atoms with van der Waals surface area (Å²) in [6.07, 6.45) is 6.00. The predicted octanol–water partition coefficient (Wildman–Crippen LogP) is 3.30. The monoisotopic (exact) mass is 410 g/mol. The molecule has 1 fully saturated rings. The molecule has 4 rings (SSSR count). The van der Waals surface area contributed by atoms with Crippen molar-refractivity contribution < 1.29 is 13.2 Å². The van der Waals surface area contributed by atoms with Crippen LogP contribution in [0.3, 0.4) is 0 Å². The van der Waals surface area contributed by atoms with Gasteiger partial charge in [0.05, 0.1) is 22.3 Å². The summed E-state index contributed by atoms with van der Waals surface area (Å²) in [6, 6.07) is 15.8. The summed E-state index contributed by atoms with van der Waals surface area (Å²) in [5, 5.41) is 7.00. The molecule has 3 aromatic rings. The van der Waals surface area contributed by atoms with Crippen molar-refractivity contribution in [3.05, 3.63) is 72.6 Å². The standard InChI is InChI=1S/C21H22N4O3S/c26-21(17-15-22-25(16-17)19-7-3-1-4-8-19)23-18-9-11-20(12-10-18)29(27,28)24-13-5-2-6-14-24/h1,3-4,7-12,15-16H,2,5-6,13-14H2,(H,23,26). The minimum atomic E-state index is -3.48. The summed E-state index contributed by atoms with van der Waals surface area (Å²) in [5.74, 6) is -0.307. The summed E-state index contributed by atoms with van der Waals surface area (Å²) in [6.45, 7) is 1.12. The second kappa shape index (κ2) is 8.18. The Labute approximate surface area is 170 Å². The fourth-order valence-corrected chi connectivity index (χ4v) is 4.85. The van der Waals surface area contributed by atoms with Crippen LogP contribution in [0.4, 0.5) is 5.69 Å². The van der Waals surface area contributed by atoms with Crippen LogP contribution in [-0.4, -0.2) is 41.5 Å². The van der Waals surface area contributed by atoms with Crippen molar-refractivity contribution in [3.8, 4) is 5.69 Å². The highest BCUT2D eigenvalue weighted by molar-refractivity contribution is 7.89. The third-order valence-electron chi connectivity index (χ3n) is 4.93. The number of amides is 1. The van der Waals surface area contributed by atoms with Crippen molar-refractivity contribution in [1.82, 2.24) is 14.1 Å². The first kappa shape index (κ1) is 19.4. The molecule has 0 saturated carbocycles. The maximum atomic E-state index is 12.7. The number of hydrogen-bond acceptors (Lipinski definition) is 4. The van der Waals surface area contributed by atoms with Crippen molar-refractivity contribution >= 4 is 21.6 Å². The van der Waals surface area contributed by atoms with E-state index in [9.17, 15) is 13.2 Å². The number of carbonyl (C=O) groups excluding carboxylic acids is 1. The van der Waals surface area contributed by atoms with Crippen LogP contribution in [0.25, 0.3) is 5.69 Å². The quantitative estimate of drug-likeness (QED) is 0.699. The Kier molecular flexibility index (Phi) is 5.46. The number of carbonyl (C=O) groups is 1. The van der Waals surface area contributed by atoms with Crippen LogP contribution in [0, 0.1) is 0 Å². The second-order valence-corrected chi connectivity index (χ2v) is 8.89. The molecule has 1 saturated heterocycles. The zero-order chi connectivity index (χ0) is 20.3. The van der Waals surface area contributed by atoms with Gasteiger partial charge in [0.1, 0.15) is 0 Å². The van der Waals surface area contributed by atoms with Crippen molar-refractivity contribution in [2.45, 2.75) is 24.2 Å². The van der Waals surface area contributed by atoms with Crippen LogP contribution >= 0.6 is 0 Å². The van der Waals surface area contributed by atoms with Crippen LogP contribution in [0.5, 0.6) is 0 Å². The first-order valence-electron chi connectivity index (χ1n) is 9.56. The molecule has 0 bridgehead atoms. The molecule has 1 amide bonds. The molecule has 0 atom stereocenters. The number of sulfonamides is 1. The van der Waals surface area contributed by atoms with E-state index in [1.165, 1.54) is 22.6 Å². The van der Waals surface area contributed by atoms with E-state index < -0.39 is 10.0 Å². The SMILES string of the molecule is O=C(Nc1ccc(S(=O)(=O)N2CCCCC2)cc1)c1cnn(-c2ccccc2)c1. The normalized spacial score (nSPS) is 15.2. The van der Waals surface area contributed by atoms with Crippen molar-refractivity contribution in [3.63, 3.8) is 0 Å². The highest BCUT2D eigenvalue weighted by atomic mass is 32.2. The van der Waals surface area contributed by atoms with Crippen LogP contribution in [0.1, 0.15) is 29.6 Å². The van der Waals surface area contributed by atoms with Gasteiger partial charge in [0.2, 0.25) is 10.0 Å². The summed E-state index contributed by atoms with van der Waals surface area (Å²) in [4.78, 5) is 12.7. The topological polar surface area (TPSA) is 84.3 Å². The van der Waals surface area contributed by atoms with Gasteiger partial charge in [0.25, 0.3) is 5.91 Å². The maximum Gasteiger partial charge on any atom is 0.258 e.